The molecule has 6 heteroatoms. The molecule has 3 amide bonds. The van der Waals surface area contributed by atoms with Crippen molar-refractivity contribution in [2.75, 3.05) is 11.9 Å². The molecular weight excluding hydrogens is 330 g/mol. The van der Waals surface area contributed by atoms with Crippen LogP contribution >= 0.6 is 0 Å². The van der Waals surface area contributed by atoms with Crippen molar-refractivity contribution in [1.82, 2.24) is 10.6 Å². The maximum absolute atomic E-state index is 12.0. The summed E-state index contributed by atoms with van der Waals surface area (Å²) in [5.41, 5.74) is 3.24. The second-order valence-electron chi connectivity index (χ2n) is 6.03. The Balaban J connectivity index is 1.70. The highest BCUT2D eigenvalue weighted by Gasteiger charge is 2.07. The summed E-state index contributed by atoms with van der Waals surface area (Å²) in [5.74, 6) is -0.450. The van der Waals surface area contributed by atoms with E-state index in [9.17, 15) is 14.4 Å². The summed E-state index contributed by atoms with van der Waals surface area (Å²) in [4.78, 5) is 34.8. The van der Waals surface area contributed by atoms with E-state index in [0.29, 0.717) is 17.8 Å². The van der Waals surface area contributed by atoms with Crippen molar-refractivity contribution in [2.45, 2.75) is 26.8 Å². The Kier molecular flexibility index (Phi) is 6.91. The van der Waals surface area contributed by atoms with E-state index in [4.69, 9.17) is 0 Å². The summed E-state index contributed by atoms with van der Waals surface area (Å²) in [6.45, 7) is 4.05. The number of hydrogen-bond donors (Lipinski definition) is 3. The van der Waals surface area contributed by atoms with Crippen molar-refractivity contribution in [1.29, 1.82) is 0 Å². The van der Waals surface area contributed by atoms with Gasteiger partial charge in [-0.25, -0.2) is 0 Å². The summed E-state index contributed by atoms with van der Waals surface area (Å²) in [7, 11) is 0. The number of rotatable bonds is 7. The molecule has 0 saturated carbocycles. The van der Waals surface area contributed by atoms with E-state index in [1.54, 1.807) is 24.3 Å². The van der Waals surface area contributed by atoms with E-state index >= 15 is 0 Å². The van der Waals surface area contributed by atoms with Gasteiger partial charge in [0.2, 0.25) is 11.8 Å². The maximum atomic E-state index is 12.0. The Morgan fingerprint density at radius 1 is 0.962 bits per heavy atom. The van der Waals surface area contributed by atoms with Gasteiger partial charge in [-0.1, -0.05) is 29.8 Å². The molecule has 0 aromatic heterocycles. The van der Waals surface area contributed by atoms with Crippen molar-refractivity contribution >= 4 is 23.4 Å². The van der Waals surface area contributed by atoms with E-state index in [1.807, 2.05) is 31.2 Å². The molecule has 0 aliphatic rings. The van der Waals surface area contributed by atoms with Crippen molar-refractivity contribution in [3.05, 3.63) is 65.2 Å². The number of aryl methyl sites for hydroxylation is 1. The Morgan fingerprint density at radius 3 is 2.35 bits per heavy atom. The smallest absolute Gasteiger partial charge is 0.251 e. The summed E-state index contributed by atoms with van der Waals surface area (Å²) in [6, 6.07) is 14.5. The minimum absolute atomic E-state index is 0.126. The minimum Gasteiger partial charge on any atom is -0.352 e. The fourth-order valence-corrected chi connectivity index (χ4v) is 2.38. The van der Waals surface area contributed by atoms with E-state index < -0.39 is 0 Å². The number of anilines is 1. The molecule has 2 aromatic carbocycles. The van der Waals surface area contributed by atoms with Crippen LogP contribution < -0.4 is 16.0 Å². The van der Waals surface area contributed by atoms with Crippen LogP contribution in [0, 0.1) is 6.92 Å². The molecule has 0 radical (unpaired) electrons. The predicted molar refractivity (Wildman–Crippen MR) is 101 cm³/mol. The summed E-state index contributed by atoms with van der Waals surface area (Å²) in [6.07, 6.45) is 0.210. The molecule has 136 valence electrons. The first-order valence-electron chi connectivity index (χ1n) is 8.42. The number of hydrogen-bond acceptors (Lipinski definition) is 3. The highest BCUT2D eigenvalue weighted by Crippen LogP contribution is 2.09. The summed E-state index contributed by atoms with van der Waals surface area (Å²) < 4.78 is 0. The van der Waals surface area contributed by atoms with Crippen LogP contribution in [-0.4, -0.2) is 24.3 Å². The van der Waals surface area contributed by atoms with Gasteiger partial charge in [-0.3, -0.25) is 14.4 Å². The number of amides is 3. The van der Waals surface area contributed by atoms with Gasteiger partial charge in [0.15, 0.2) is 0 Å². The van der Waals surface area contributed by atoms with Crippen molar-refractivity contribution in [2.24, 2.45) is 0 Å². The molecule has 0 atom stereocenters. The first-order chi connectivity index (χ1) is 12.4. The number of nitrogens with one attached hydrogen (secondary N) is 3. The largest absolute Gasteiger partial charge is 0.352 e. The van der Waals surface area contributed by atoms with Gasteiger partial charge < -0.3 is 16.0 Å². The molecule has 0 aliphatic carbocycles. The zero-order valence-electron chi connectivity index (χ0n) is 15.0. The molecule has 0 spiro atoms. The van der Waals surface area contributed by atoms with Crippen LogP contribution in [0.4, 0.5) is 5.69 Å². The number of benzene rings is 2. The lowest BCUT2D eigenvalue weighted by Crippen LogP contribution is -2.30. The molecule has 0 unspecified atom stereocenters. The maximum Gasteiger partial charge on any atom is 0.251 e. The van der Waals surface area contributed by atoms with Crippen LogP contribution in [0.5, 0.6) is 0 Å². The number of carbonyl (C=O) groups is 3. The normalized spacial score (nSPS) is 10.1. The highest BCUT2D eigenvalue weighted by atomic mass is 16.2. The first kappa shape index (κ1) is 19.2. The molecule has 0 bridgehead atoms. The van der Waals surface area contributed by atoms with E-state index in [1.165, 1.54) is 6.92 Å². The fourth-order valence-electron chi connectivity index (χ4n) is 2.38. The summed E-state index contributed by atoms with van der Waals surface area (Å²) in [5, 5.41) is 8.23. The molecule has 26 heavy (non-hydrogen) atoms. The van der Waals surface area contributed by atoms with Gasteiger partial charge in [-0.2, -0.15) is 0 Å². The highest BCUT2D eigenvalue weighted by molar-refractivity contribution is 5.94. The van der Waals surface area contributed by atoms with Crippen LogP contribution in [-0.2, 0) is 16.1 Å². The summed E-state index contributed by atoms with van der Waals surface area (Å²) >= 11 is 0. The van der Waals surface area contributed by atoms with Gasteiger partial charge in [0.1, 0.15) is 0 Å². The Bertz CT molecular complexity index is 785. The van der Waals surface area contributed by atoms with Gasteiger partial charge in [0, 0.05) is 37.7 Å². The monoisotopic (exact) mass is 353 g/mol. The molecule has 0 fully saturated rings. The van der Waals surface area contributed by atoms with E-state index in [2.05, 4.69) is 16.0 Å². The Hall–Kier alpha value is -3.15. The third-order valence-electron chi connectivity index (χ3n) is 3.68. The molecular formula is C20H23N3O3. The lowest BCUT2D eigenvalue weighted by Gasteiger charge is -2.08. The van der Waals surface area contributed by atoms with Gasteiger partial charge in [0.25, 0.3) is 5.91 Å². The average molecular weight is 353 g/mol. The SMILES string of the molecule is CC(=O)Nc1ccc(CNC(=O)CCNC(=O)c2cccc(C)c2)cc1. The minimum atomic E-state index is -0.185. The second kappa shape index (κ2) is 9.36. The first-order valence-corrected chi connectivity index (χ1v) is 8.42. The Morgan fingerprint density at radius 2 is 1.69 bits per heavy atom. The molecule has 6 nitrogen and oxygen atoms in total. The lowest BCUT2D eigenvalue weighted by molar-refractivity contribution is -0.121. The molecule has 0 saturated heterocycles. The van der Waals surface area contributed by atoms with E-state index in [-0.39, 0.29) is 30.7 Å². The van der Waals surface area contributed by atoms with Crippen molar-refractivity contribution in [3.63, 3.8) is 0 Å². The third kappa shape index (κ3) is 6.39. The third-order valence-corrected chi connectivity index (χ3v) is 3.68. The molecule has 3 N–H and O–H groups in total. The molecule has 2 aromatic rings. The van der Waals surface area contributed by atoms with Crippen LogP contribution in [0.15, 0.2) is 48.5 Å². The molecule has 0 heterocycles. The van der Waals surface area contributed by atoms with Crippen LogP contribution in [0.25, 0.3) is 0 Å². The van der Waals surface area contributed by atoms with Crippen LogP contribution in [0.2, 0.25) is 0 Å². The fraction of sp³-hybridized carbons (Fsp3) is 0.250. The average Bonchev–Trinajstić information content (AvgIpc) is 2.60. The van der Waals surface area contributed by atoms with Crippen LogP contribution in [0.3, 0.4) is 0 Å². The number of carbonyl (C=O) groups excluding carboxylic acids is 3. The topological polar surface area (TPSA) is 87.3 Å². The quantitative estimate of drug-likeness (QED) is 0.714. The van der Waals surface area contributed by atoms with Gasteiger partial charge in [0.05, 0.1) is 0 Å². The second-order valence-corrected chi connectivity index (χ2v) is 6.03. The predicted octanol–water partition coefficient (Wildman–Crippen LogP) is 2.39. The van der Waals surface area contributed by atoms with Crippen LogP contribution in [0.1, 0.15) is 34.8 Å². The lowest BCUT2D eigenvalue weighted by atomic mass is 10.1. The van der Waals surface area contributed by atoms with E-state index in [0.717, 1.165) is 11.1 Å². The van der Waals surface area contributed by atoms with Crippen molar-refractivity contribution in [3.8, 4) is 0 Å². The zero-order chi connectivity index (χ0) is 18.9. The standard InChI is InChI=1S/C20H23N3O3/c1-14-4-3-5-17(12-14)20(26)21-11-10-19(25)22-13-16-6-8-18(9-7-16)23-15(2)24/h3-9,12H,10-11,13H2,1-2H3,(H,21,26)(H,22,25)(H,23,24). The molecule has 0 aliphatic heterocycles. The Labute approximate surface area is 153 Å². The van der Waals surface area contributed by atoms with Crippen molar-refractivity contribution < 1.29 is 14.4 Å². The van der Waals surface area contributed by atoms with Gasteiger partial charge in [-0.05, 0) is 36.8 Å². The van der Waals surface area contributed by atoms with Gasteiger partial charge in [-0.15, -0.1) is 0 Å². The molecule has 2 rings (SSSR count). The zero-order valence-corrected chi connectivity index (χ0v) is 15.0. The van der Waals surface area contributed by atoms with Gasteiger partial charge >= 0.3 is 0 Å².